The molecule has 6 nitrogen and oxygen atoms in total. The van der Waals surface area contributed by atoms with Crippen molar-refractivity contribution in [1.82, 2.24) is 0 Å². The zero-order chi connectivity index (χ0) is 15.8. The van der Waals surface area contributed by atoms with E-state index in [0.717, 1.165) is 18.5 Å². The second-order valence-corrected chi connectivity index (χ2v) is 9.77. The second kappa shape index (κ2) is 8.38. The van der Waals surface area contributed by atoms with Crippen LogP contribution in [-0.4, -0.2) is 49.8 Å². The van der Waals surface area contributed by atoms with Gasteiger partial charge in [-0.3, -0.25) is 4.79 Å². The van der Waals surface area contributed by atoms with E-state index in [0.29, 0.717) is 6.42 Å². The van der Waals surface area contributed by atoms with Gasteiger partial charge in [0, 0.05) is 13.7 Å². The van der Waals surface area contributed by atoms with Gasteiger partial charge in [-0.2, -0.15) is 0 Å². The van der Waals surface area contributed by atoms with E-state index in [4.69, 9.17) is 19.4 Å². The van der Waals surface area contributed by atoms with Crippen LogP contribution < -0.4 is 0 Å². The quantitative estimate of drug-likeness (QED) is 0.449. The van der Waals surface area contributed by atoms with E-state index in [1.165, 1.54) is 6.92 Å². The smallest absolute Gasteiger partial charge is 0.336 e. The van der Waals surface area contributed by atoms with Crippen molar-refractivity contribution >= 4 is 20.3 Å². The molecule has 20 heavy (non-hydrogen) atoms. The predicted molar refractivity (Wildman–Crippen MR) is 77.4 cm³/mol. The highest BCUT2D eigenvalue weighted by molar-refractivity contribution is 6.72. The molecule has 118 valence electrons. The molecule has 0 aliphatic rings. The van der Waals surface area contributed by atoms with E-state index in [1.807, 2.05) is 0 Å². The van der Waals surface area contributed by atoms with Gasteiger partial charge in [0.15, 0.2) is 13.9 Å². The molecule has 0 amide bonds. The molecule has 7 heteroatoms. The maximum atomic E-state index is 11.1. The van der Waals surface area contributed by atoms with Gasteiger partial charge >= 0.3 is 11.9 Å². The number of carboxylic acid groups (broad SMARTS) is 2. The predicted octanol–water partition coefficient (Wildman–Crippen LogP) is 2.34. The highest BCUT2D eigenvalue weighted by Crippen LogP contribution is 2.22. The Balaban J connectivity index is 4.32. The lowest BCUT2D eigenvalue weighted by molar-refractivity contribution is -0.170. The molecule has 0 saturated heterocycles. The first-order valence-electron chi connectivity index (χ1n) is 6.83. The van der Waals surface area contributed by atoms with Gasteiger partial charge in [-0.1, -0.05) is 13.3 Å². The molecule has 0 radical (unpaired) electrons. The Morgan fingerprint density at radius 2 is 1.85 bits per heavy atom. The van der Waals surface area contributed by atoms with Crippen molar-refractivity contribution < 1.29 is 29.0 Å². The van der Waals surface area contributed by atoms with Crippen LogP contribution in [0.4, 0.5) is 0 Å². The first-order chi connectivity index (χ1) is 9.19. The molecule has 0 saturated carbocycles. The lowest BCUT2D eigenvalue weighted by Gasteiger charge is -2.27. The summed E-state index contributed by atoms with van der Waals surface area (Å²) in [4.78, 5) is 21.8. The summed E-state index contributed by atoms with van der Waals surface area (Å²) in [7, 11) is -0.00587. The Morgan fingerprint density at radius 3 is 2.25 bits per heavy atom. The third-order valence-corrected chi connectivity index (χ3v) is 7.44. The molecule has 2 N–H and O–H groups in total. The molecule has 0 rings (SSSR count). The van der Waals surface area contributed by atoms with Crippen molar-refractivity contribution in [3.05, 3.63) is 0 Å². The van der Waals surface area contributed by atoms with Crippen LogP contribution in [0.25, 0.3) is 0 Å². The van der Waals surface area contributed by atoms with Gasteiger partial charge in [0.25, 0.3) is 0 Å². The fourth-order valence-electron chi connectivity index (χ4n) is 2.08. The Morgan fingerprint density at radius 1 is 1.25 bits per heavy atom. The van der Waals surface area contributed by atoms with Crippen LogP contribution in [0, 0.1) is 0 Å². The normalized spacial score (nSPS) is 17.2. The maximum absolute atomic E-state index is 11.1. The molecular weight excluding hydrogens is 280 g/mol. The van der Waals surface area contributed by atoms with Crippen molar-refractivity contribution in [2.45, 2.75) is 57.3 Å². The molecule has 2 unspecified atom stereocenters. The van der Waals surface area contributed by atoms with Crippen LogP contribution in [0.2, 0.25) is 18.6 Å². The first kappa shape index (κ1) is 19.1. The molecule has 0 aromatic carbocycles. The van der Waals surface area contributed by atoms with Crippen molar-refractivity contribution in [3.63, 3.8) is 0 Å². The molecule has 0 aromatic heterocycles. The van der Waals surface area contributed by atoms with Gasteiger partial charge in [-0.05, 0) is 32.0 Å². The van der Waals surface area contributed by atoms with E-state index in [9.17, 15) is 9.59 Å². The molecule has 0 aliphatic heterocycles. The molecule has 0 aromatic rings. The summed E-state index contributed by atoms with van der Waals surface area (Å²) < 4.78 is 10.9. The van der Waals surface area contributed by atoms with E-state index >= 15 is 0 Å². The van der Waals surface area contributed by atoms with Crippen molar-refractivity contribution in [1.29, 1.82) is 0 Å². The average Bonchev–Trinajstić information content (AvgIpc) is 2.34. The minimum absolute atomic E-state index is 0.228. The number of hydrogen-bond acceptors (Lipinski definition) is 4. The third-order valence-electron chi connectivity index (χ3n) is 3.48. The maximum Gasteiger partial charge on any atom is 0.336 e. The fourth-order valence-corrected chi connectivity index (χ4v) is 4.69. The van der Waals surface area contributed by atoms with Gasteiger partial charge in [0.1, 0.15) is 0 Å². The summed E-state index contributed by atoms with van der Waals surface area (Å²) in [5.41, 5.74) is -1.67. The number of carbonyl (C=O) groups is 2. The summed E-state index contributed by atoms with van der Waals surface area (Å²) >= 11 is 0. The van der Waals surface area contributed by atoms with Crippen molar-refractivity contribution in [2.24, 2.45) is 0 Å². The van der Waals surface area contributed by atoms with Crippen molar-refractivity contribution in [2.75, 3.05) is 13.7 Å². The number of carboxylic acids is 2. The van der Waals surface area contributed by atoms with Crippen LogP contribution in [0.15, 0.2) is 0 Å². The van der Waals surface area contributed by atoms with Gasteiger partial charge in [-0.15, -0.1) is 0 Å². The van der Waals surface area contributed by atoms with E-state index < -0.39 is 32.3 Å². The zero-order valence-electron chi connectivity index (χ0n) is 12.8. The Hall–Kier alpha value is -0.923. The fraction of sp³-hybridized carbons (Fsp3) is 0.846. The van der Waals surface area contributed by atoms with Gasteiger partial charge in [0.2, 0.25) is 0 Å². The standard InChI is InChI=1S/C13H26O6Si/c1-5-8-20(4,18-3)9-6-7-19-13(2,12(16)17)10-11(14)15/h5-10H2,1-4H3,(H,14,15)(H,16,17). The van der Waals surface area contributed by atoms with E-state index in [2.05, 4.69) is 13.5 Å². The highest BCUT2D eigenvalue weighted by Gasteiger charge is 2.37. The number of aliphatic carboxylic acids is 2. The van der Waals surface area contributed by atoms with Gasteiger partial charge in [0.05, 0.1) is 6.42 Å². The van der Waals surface area contributed by atoms with Crippen LogP contribution >= 0.6 is 0 Å². The van der Waals surface area contributed by atoms with E-state index in [1.54, 1.807) is 7.11 Å². The number of hydrogen-bond donors (Lipinski definition) is 2. The Labute approximate surface area is 121 Å². The number of rotatable bonds is 11. The third kappa shape index (κ3) is 6.49. The van der Waals surface area contributed by atoms with Crippen molar-refractivity contribution in [3.8, 4) is 0 Å². The SMILES string of the molecule is CCC[Si](C)(CCCOC(C)(CC(=O)O)C(=O)O)OC. The zero-order valence-corrected chi connectivity index (χ0v) is 13.8. The lowest BCUT2D eigenvalue weighted by atomic mass is 10.0. The highest BCUT2D eigenvalue weighted by atomic mass is 28.4. The summed E-state index contributed by atoms with van der Waals surface area (Å²) in [6.45, 7) is 5.77. The van der Waals surface area contributed by atoms with Crippen LogP contribution in [0.3, 0.4) is 0 Å². The van der Waals surface area contributed by atoms with Gasteiger partial charge in [-0.25, -0.2) is 4.79 Å². The van der Waals surface area contributed by atoms with Crippen LogP contribution in [0.1, 0.15) is 33.1 Å². The monoisotopic (exact) mass is 306 g/mol. The summed E-state index contributed by atoms with van der Waals surface area (Å²) in [6.07, 6.45) is 1.19. The minimum Gasteiger partial charge on any atom is -0.481 e. The average molecular weight is 306 g/mol. The summed E-state index contributed by atoms with van der Waals surface area (Å²) in [6, 6.07) is 1.93. The molecule has 0 aliphatic carbocycles. The first-order valence-corrected chi connectivity index (χ1v) is 9.65. The Bertz CT molecular complexity index is 335. The summed E-state index contributed by atoms with van der Waals surface area (Å²) in [5, 5.41) is 17.8. The lowest BCUT2D eigenvalue weighted by Crippen LogP contribution is -2.41. The molecule has 0 spiro atoms. The molecular formula is C13H26O6Si. The minimum atomic E-state index is -1.72. The van der Waals surface area contributed by atoms with Crippen LogP contribution in [0.5, 0.6) is 0 Å². The molecule has 2 atom stereocenters. The van der Waals surface area contributed by atoms with Gasteiger partial charge < -0.3 is 19.4 Å². The Kier molecular flexibility index (Phi) is 8.00. The second-order valence-electron chi connectivity index (χ2n) is 5.46. The molecule has 0 fully saturated rings. The topological polar surface area (TPSA) is 93.1 Å². The van der Waals surface area contributed by atoms with Crippen LogP contribution in [-0.2, 0) is 18.8 Å². The summed E-state index contributed by atoms with van der Waals surface area (Å²) in [5.74, 6) is -2.43. The van der Waals surface area contributed by atoms with E-state index in [-0.39, 0.29) is 6.61 Å². The number of ether oxygens (including phenoxy) is 1. The largest absolute Gasteiger partial charge is 0.481 e. The molecule has 0 heterocycles. The molecule has 0 bridgehead atoms.